The number of nitrogens with one attached hydrogen (secondary N) is 1. The standard InChI is InChI=1S/C25H20Cl2N4O2S2/c26-16-11-10-15(19(27)12-16)13-28-30-21(32)14-34-25-29-23-22(18-8-4-5-9-20(18)35-23)24(33)31(25)17-6-2-1-3-7-17/h1-3,6-7,10-13H,4-5,8-9,14H2,(H,30,32)/b28-13-. The van der Waals surface area contributed by atoms with E-state index in [1.807, 2.05) is 30.3 Å². The lowest BCUT2D eigenvalue weighted by molar-refractivity contribution is -0.118. The van der Waals surface area contributed by atoms with Gasteiger partial charge >= 0.3 is 0 Å². The molecule has 0 saturated carbocycles. The highest BCUT2D eigenvalue weighted by molar-refractivity contribution is 7.99. The van der Waals surface area contributed by atoms with Crippen molar-refractivity contribution < 1.29 is 4.79 Å². The van der Waals surface area contributed by atoms with Gasteiger partial charge in [0.2, 0.25) is 0 Å². The van der Waals surface area contributed by atoms with Gasteiger partial charge in [0.1, 0.15) is 4.83 Å². The molecule has 0 saturated heterocycles. The summed E-state index contributed by atoms with van der Waals surface area (Å²) in [5, 5.41) is 6.14. The molecule has 1 aliphatic rings. The second kappa shape index (κ2) is 10.5. The number of benzene rings is 2. The number of hydrogen-bond acceptors (Lipinski definition) is 6. The molecule has 10 heteroatoms. The number of amides is 1. The first-order chi connectivity index (χ1) is 17.0. The summed E-state index contributed by atoms with van der Waals surface area (Å²) in [5.74, 6) is -0.280. The Kier molecular flexibility index (Phi) is 7.24. The molecule has 0 unspecified atom stereocenters. The van der Waals surface area contributed by atoms with Crippen LogP contribution in [0.5, 0.6) is 0 Å². The van der Waals surface area contributed by atoms with Crippen LogP contribution >= 0.6 is 46.3 Å². The van der Waals surface area contributed by atoms with Crippen LogP contribution in [0.3, 0.4) is 0 Å². The molecule has 1 amide bonds. The van der Waals surface area contributed by atoms with Crippen molar-refractivity contribution in [3.63, 3.8) is 0 Å². The summed E-state index contributed by atoms with van der Waals surface area (Å²) in [6.07, 6.45) is 5.58. The quantitative estimate of drug-likeness (QED) is 0.143. The smallest absolute Gasteiger partial charge is 0.267 e. The molecule has 1 aliphatic carbocycles. The number of carbonyl (C=O) groups is 1. The Morgan fingerprint density at radius 1 is 1.17 bits per heavy atom. The maximum absolute atomic E-state index is 13.7. The van der Waals surface area contributed by atoms with Crippen LogP contribution in [0.1, 0.15) is 28.8 Å². The largest absolute Gasteiger partial charge is 0.272 e. The fourth-order valence-corrected chi connectivity index (χ4v) is 6.60. The second-order valence-electron chi connectivity index (χ2n) is 8.01. The van der Waals surface area contributed by atoms with Gasteiger partial charge in [0.15, 0.2) is 5.16 Å². The number of halogens is 2. The van der Waals surface area contributed by atoms with Crippen molar-refractivity contribution in [2.75, 3.05) is 5.75 Å². The van der Waals surface area contributed by atoms with Crippen LogP contribution in [-0.4, -0.2) is 27.4 Å². The van der Waals surface area contributed by atoms with E-state index in [0.29, 0.717) is 26.2 Å². The molecule has 5 rings (SSSR count). The van der Waals surface area contributed by atoms with Crippen LogP contribution in [0, 0.1) is 0 Å². The average molecular weight is 544 g/mol. The Balaban J connectivity index is 1.41. The van der Waals surface area contributed by atoms with Crippen LogP contribution in [0.25, 0.3) is 15.9 Å². The minimum absolute atomic E-state index is 0.0432. The van der Waals surface area contributed by atoms with Crippen molar-refractivity contribution in [2.24, 2.45) is 5.10 Å². The summed E-state index contributed by atoms with van der Waals surface area (Å²) in [7, 11) is 0. The van der Waals surface area contributed by atoms with Crippen LogP contribution < -0.4 is 11.0 Å². The van der Waals surface area contributed by atoms with Crippen LogP contribution in [0.4, 0.5) is 0 Å². The number of hydrogen-bond donors (Lipinski definition) is 1. The van der Waals surface area contributed by atoms with E-state index in [1.165, 1.54) is 22.9 Å². The fourth-order valence-electron chi connectivity index (χ4n) is 4.03. The molecule has 0 fully saturated rings. The zero-order valence-electron chi connectivity index (χ0n) is 18.5. The van der Waals surface area contributed by atoms with E-state index in [2.05, 4.69) is 10.5 Å². The Labute approximate surface area is 220 Å². The molecule has 6 nitrogen and oxygen atoms in total. The fraction of sp³-hybridized carbons (Fsp3) is 0.200. The van der Waals surface area contributed by atoms with Gasteiger partial charge in [0.25, 0.3) is 11.5 Å². The molecule has 178 valence electrons. The first-order valence-electron chi connectivity index (χ1n) is 11.0. The van der Waals surface area contributed by atoms with Crippen LogP contribution in [0.2, 0.25) is 10.0 Å². The minimum Gasteiger partial charge on any atom is -0.272 e. The third kappa shape index (κ3) is 5.16. The summed E-state index contributed by atoms with van der Waals surface area (Å²) < 4.78 is 1.61. The number of para-hydroxylation sites is 1. The molecule has 4 aromatic rings. The molecule has 1 N–H and O–H groups in total. The summed E-state index contributed by atoms with van der Waals surface area (Å²) >= 11 is 14.8. The Morgan fingerprint density at radius 2 is 1.97 bits per heavy atom. The molecule has 0 spiro atoms. The topological polar surface area (TPSA) is 76.3 Å². The van der Waals surface area contributed by atoms with E-state index in [4.69, 9.17) is 28.2 Å². The number of aryl methyl sites for hydroxylation is 2. The highest BCUT2D eigenvalue weighted by Gasteiger charge is 2.23. The predicted molar refractivity (Wildman–Crippen MR) is 145 cm³/mol. The number of aromatic nitrogens is 2. The number of rotatable bonds is 6. The average Bonchev–Trinajstić information content (AvgIpc) is 3.23. The van der Waals surface area contributed by atoms with Gasteiger partial charge in [-0.2, -0.15) is 5.10 Å². The molecule has 0 aliphatic heterocycles. The highest BCUT2D eigenvalue weighted by Crippen LogP contribution is 2.35. The van der Waals surface area contributed by atoms with Gasteiger partial charge in [-0.05, 0) is 55.5 Å². The van der Waals surface area contributed by atoms with Crippen LogP contribution in [0.15, 0.2) is 63.6 Å². The van der Waals surface area contributed by atoms with E-state index >= 15 is 0 Å². The van der Waals surface area contributed by atoms with E-state index < -0.39 is 0 Å². The minimum atomic E-state index is -0.323. The summed E-state index contributed by atoms with van der Waals surface area (Å²) in [5.41, 5.74) is 4.91. The molecule has 0 atom stereocenters. The first kappa shape index (κ1) is 24.1. The lowest BCUT2D eigenvalue weighted by Gasteiger charge is -2.13. The van der Waals surface area contributed by atoms with E-state index in [1.54, 1.807) is 34.1 Å². The van der Waals surface area contributed by atoms with Gasteiger partial charge in [0.05, 0.1) is 28.1 Å². The van der Waals surface area contributed by atoms with E-state index in [-0.39, 0.29) is 17.2 Å². The van der Waals surface area contributed by atoms with Crippen molar-refractivity contribution in [1.82, 2.24) is 15.0 Å². The van der Waals surface area contributed by atoms with Crippen molar-refractivity contribution in [3.05, 3.63) is 84.9 Å². The number of thiophene rings is 1. The van der Waals surface area contributed by atoms with Gasteiger partial charge in [-0.1, -0.05) is 59.2 Å². The highest BCUT2D eigenvalue weighted by atomic mass is 35.5. The molecule has 2 aromatic heterocycles. The number of thioether (sulfide) groups is 1. The summed E-state index contributed by atoms with van der Waals surface area (Å²) in [4.78, 5) is 33.0. The van der Waals surface area contributed by atoms with Crippen molar-refractivity contribution in [1.29, 1.82) is 0 Å². The molecular weight excluding hydrogens is 523 g/mol. The summed E-state index contributed by atoms with van der Waals surface area (Å²) in [6, 6.07) is 14.4. The van der Waals surface area contributed by atoms with Gasteiger partial charge < -0.3 is 0 Å². The Morgan fingerprint density at radius 3 is 2.77 bits per heavy atom. The second-order valence-corrected chi connectivity index (χ2v) is 10.9. The van der Waals surface area contributed by atoms with E-state index in [0.717, 1.165) is 41.8 Å². The van der Waals surface area contributed by atoms with Gasteiger partial charge in [-0.3, -0.25) is 14.2 Å². The third-order valence-corrected chi connectivity index (χ3v) is 8.35. The molecule has 0 radical (unpaired) electrons. The first-order valence-corrected chi connectivity index (χ1v) is 13.6. The normalized spacial score (nSPS) is 13.3. The SMILES string of the molecule is O=C(CSc1nc2sc3c(c2c(=O)n1-c1ccccc1)CCCC3)N/N=C\c1ccc(Cl)cc1Cl. The zero-order valence-corrected chi connectivity index (χ0v) is 21.6. The van der Waals surface area contributed by atoms with Gasteiger partial charge in [0, 0.05) is 15.5 Å². The zero-order chi connectivity index (χ0) is 24.4. The molecule has 2 heterocycles. The van der Waals surface area contributed by atoms with Crippen molar-refractivity contribution >= 4 is 68.6 Å². The van der Waals surface area contributed by atoms with Crippen molar-refractivity contribution in [3.8, 4) is 5.69 Å². The molecule has 0 bridgehead atoms. The van der Waals surface area contributed by atoms with Crippen LogP contribution in [-0.2, 0) is 17.6 Å². The maximum atomic E-state index is 13.7. The van der Waals surface area contributed by atoms with Gasteiger partial charge in [-0.15, -0.1) is 11.3 Å². The summed E-state index contributed by atoms with van der Waals surface area (Å²) in [6.45, 7) is 0. The number of nitrogens with zero attached hydrogens (tertiary/aromatic N) is 3. The Hall–Kier alpha value is -2.65. The lowest BCUT2D eigenvalue weighted by Crippen LogP contribution is -2.24. The van der Waals surface area contributed by atoms with Crippen molar-refractivity contribution in [2.45, 2.75) is 30.8 Å². The molecular formula is C25H20Cl2N4O2S2. The number of carbonyl (C=O) groups excluding carboxylic acids is 1. The third-order valence-electron chi connectivity index (χ3n) is 5.66. The Bertz CT molecular complexity index is 1500. The molecule has 2 aromatic carbocycles. The predicted octanol–water partition coefficient (Wildman–Crippen LogP) is 5.88. The molecule has 35 heavy (non-hydrogen) atoms. The van der Waals surface area contributed by atoms with E-state index in [9.17, 15) is 9.59 Å². The number of fused-ring (bicyclic) bond motifs is 3. The lowest BCUT2D eigenvalue weighted by atomic mass is 9.97. The maximum Gasteiger partial charge on any atom is 0.267 e. The number of hydrazone groups is 1. The van der Waals surface area contributed by atoms with Gasteiger partial charge in [-0.25, -0.2) is 10.4 Å². The monoisotopic (exact) mass is 542 g/mol.